The van der Waals surface area contributed by atoms with Crippen molar-refractivity contribution in [3.63, 3.8) is 0 Å². The molecule has 0 bridgehead atoms. The molecule has 5 heteroatoms. The quantitative estimate of drug-likeness (QED) is 0.799. The second kappa shape index (κ2) is 8.39. The molecule has 0 saturated carbocycles. The van der Waals surface area contributed by atoms with Crippen LogP contribution in [0.2, 0.25) is 5.02 Å². The Morgan fingerprint density at radius 1 is 1.09 bits per heavy atom. The van der Waals surface area contributed by atoms with Crippen LogP contribution in [0.25, 0.3) is 0 Å². The predicted molar refractivity (Wildman–Crippen MR) is 91.5 cm³/mol. The van der Waals surface area contributed by atoms with E-state index >= 15 is 0 Å². The van der Waals surface area contributed by atoms with E-state index in [9.17, 15) is 4.79 Å². The minimum Gasteiger partial charge on any atom is -0.444 e. The highest BCUT2D eigenvalue weighted by Gasteiger charge is 2.19. The van der Waals surface area contributed by atoms with Gasteiger partial charge in [-0.2, -0.15) is 0 Å². The number of carbonyl (C=O) groups is 1. The monoisotopic (exact) mass is 326 g/mol. The molecule has 0 heterocycles. The molecule has 0 N–H and O–H groups in total. The van der Waals surface area contributed by atoms with Crippen LogP contribution in [-0.2, 0) is 11.2 Å². The Labute approximate surface area is 139 Å². The number of nitrogens with zero attached hydrogens (tertiary/aromatic N) is 2. The molecule has 1 amide bonds. The third kappa shape index (κ3) is 7.66. The first-order chi connectivity index (χ1) is 10.2. The van der Waals surface area contributed by atoms with E-state index in [0.29, 0.717) is 6.54 Å². The lowest BCUT2D eigenvalue weighted by molar-refractivity contribution is 0.0287. The summed E-state index contributed by atoms with van der Waals surface area (Å²) in [6, 6.07) is 7.91. The van der Waals surface area contributed by atoms with Crippen LogP contribution in [-0.4, -0.2) is 55.2 Å². The van der Waals surface area contributed by atoms with Crippen LogP contribution in [0.3, 0.4) is 0 Å². The normalized spacial score (nSPS) is 11.6. The molecule has 0 aliphatic heterocycles. The second-order valence-corrected chi connectivity index (χ2v) is 7.02. The highest BCUT2D eigenvalue weighted by molar-refractivity contribution is 6.30. The lowest BCUT2D eigenvalue weighted by atomic mass is 10.1. The van der Waals surface area contributed by atoms with Gasteiger partial charge in [0, 0.05) is 31.7 Å². The van der Waals surface area contributed by atoms with Crippen LogP contribution < -0.4 is 0 Å². The average molecular weight is 327 g/mol. The number of ether oxygens (including phenoxy) is 1. The highest BCUT2D eigenvalue weighted by atomic mass is 35.5. The maximum absolute atomic E-state index is 11.9. The van der Waals surface area contributed by atoms with Crippen molar-refractivity contribution < 1.29 is 9.53 Å². The van der Waals surface area contributed by atoms with Crippen molar-refractivity contribution in [2.45, 2.75) is 32.8 Å². The van der Waals surface area contributed by atoms with Gasteiger partial charge in [-0.3, -0.25) is 0 Å². The summed E-state index contributed by atoms with van der Waals surface area (Å²) in [6.07, 6.45) is 0.683. The molecule has 1 rings (SSSR count). The molecule has 0 fully saturated rings. The molecule has 0 saturated heterocycles. The number of carbonyl (C=O) groups excluding carboxylic acids is 1. The van der Waals surface area contributed by atoms with E-state index < -0.39 is 5.60 Å². The molecule has 4 nitrogen and oxygen atoms in total. The van der Waals surface area contributed by atoms with Gasteiger partial charge in [0.1, 0.15) is 5.60 Å². The number of hydrogen-bond acceptors (Lipinski definition) is 3. The smallest absolute Gasteiger partial charge is 0.410 e. The first-order valence-corrected chi connectivity index (χ1v) is 7.92. The summed E-state index contributed by atoms with van der Waals surface area (Å²) in [7, 11) is 3.82. The van der Waals surface area contributed by atoms with E-state index in [1.165, 1.54) is 5.56 Å². The summed E-state index contributed by atoms with van der Waals surface area (Å²) < 4.78 is 5.33. The van der Waals surface area contributed by atoms with Crippen molar-refractivity contribution in [1.29, 1.82) is 0 Å². The lowest BCUT2D eigenvalue weighted by Gasteiger charge is -2.26. The number of halogens is 1. The van der Waals surface area contributed by atoms with E-state index in [-0.39, 0.29) is 6.09 Å². The predicted octanol–water partition coefficient (Wildman–Crippen LogP) is 3.68. The highest BCUT2D eigenvalue weighted by Crippen LogP contribution is 2.11. The molecule has 0 spiro atoms. The van der Waals surface area contributed by atoms with Gasteiger partial charge < -0.3 is 14.5 Å². The molecule has 0 aliphatic rings. The SMILES string of the molecule is CN(CCc1ccc(Cl)cc1)CCN(C)C(=O)OC(C)(C)C. The van der Waals surface area contributed by atoms with Crippen molar-refractivity contribution in [3.8, 4) is 0 Å². The Balaban J connectivity index is 2.29. The van der Waals surface area contributed by atoms with Crippen LogP contribution >= 0.6 is 11.6 Å². The van der Waals surface area contributed by atoms with Gasteiger partial charge in [0.2, 0.25) is 0 Å². The summed E-state index contributed by atoms with van der Waals surface area (Å²) in [4.78, 5) is 15.7. The number of benzene rings is 1. The summed E-state index contributed by atoms with van der Waals surface area (Å²) in [6.45, 7) is 8.00. The van der Waals surface area contributed by atoms with E-state index in [1.54, 1.807) is 11.9 Å². The minimum absolute atomic E-state index is 0.279. The van der Waals surface area contributed by atoms with Gasteiger partial charge in [-0.1, -0.05) is 23.7 Å². The Hall–Kier alpha value is -1.26. The zero-order chi connectivity index (χ0) is 16.8. The Kier molecular flexibility index (Phi) is 7.17. The van der Waals surface area contributed by atoms with Crippen molar-refractivity contribution in [2.75, 3.05) is 33.7 Å². The molecule has 124 valence electrons. The van der Waals surface area contributed by atoms with Crippen molar-refractivity contribution in [1.82, 2.24) is 9.80 Å². The van der Waals surface area contributed by atoms with Crippen LogP contribution in [0.15, 0.2) is 24.3 Å². The van der Waals surface area contributed by atoms with E-state index in [4.69, 9.17) is 16.3 Å². The van der Waals surface area contributed by atoms with Gasteiger partial charge in [0.05, 0.1) is 0 Å². The summed E-state index contributed by atoms with van der Waals surface area (Å²) in [5, 5.41) is 0.760. The molecular weight excluding hydrogens is 300 g/mol. The minimum atomic E-state index is -0.453. The van der Waals surface area contributed by atoms with Gasteiger partial charge in [0.15, 0.2) is 0 Å². The van der Waals surface area contributed by atoms with Crippen LogP contribution in [0, 0.1) is 0 Å². The average Bonchev–Trinajstić information content (AvgIpc) is 2.42. The zero-order valence-electron chi connectivity index (χ0n) is 14.2. The van der Waals surface area contributed by atoms with E-state index in [0.717, 1.165) is 24.5 Å². The van der Waals surface area contributed by atoms with Crippen LogP contribution in [0.1, 0.15) is 26.3 Å². The van der Waals surface area contributed by atoms with Crippen LogP contribution in [0.5, 0.6) is 0 Å². The second-order valence-electron chi connectivity index (χ2n) is 6.58. The molecule has 0 atom stereocenters. The molecule has 0 aliphatic carbocycles. The number of amides is 1. The summed E-state index contributed by atoms with van der Waals surface area (Å²) >= 11 is 5.87. The van der Waals surface area contributed by atoms with Gasteiger partial charge in [-0.05, 0) is 51.9 Å². The fourth-order valence-electron chi connectivity index (χ4n) is 1.83. The largest absolute Gasteiger partial charge is 0.444 e. The Bertz CT molecular complexity index is 469. The van der Waals surface area contributed by atoms with E-state index in [2.05, 4.69) is 11.9 Å². The first-order valence-electron chi connectivity index (χ1n) is 7.54. The first kappa shape index (κ1) is 18.8. The van der Waals surface area contributed by atoms with Crippen molar-refractivity contribution in [2.24, 2.45) is 0 Å². The summed E-state index contributed by atoms with van der Waals surface area (Å²) in [5.41, 5.74) is 0.808. The number of rotatable bonds is 6. The van der Waals surface area contributed by atoms with E-state index in [1.807, 2.05) is 45.0 Å². The maximum Gasteiger partial charge on any atom is 0.410 e. The Morgan fingerprint density at radius 3 is 2.23 bits per heavy atom. The standard InChI is InChI=1S/C17H27ClN2O2/c1-17(2,3)22-16(21)20(5)13-12-19(4)11-10-14-6-8-15(18)9-7-14/h6-9H,10-13H2,1-5H3. The topological polar surface area (TPSA) is 32.8 Å². The molecule has 0 radical (unpaired) electrons. The number of likely N-dealkylation sites (N-methyl/N-ethyl adjacent to an activating group) is 2. The maximum atomic E-state index is 11.9. The molecule has 0 aromatic heterocycles. The van der Waals surface area contributed by atoms with Gasteiger partial charge in [0.25, 0.3) is 0 Å². The fraction of sp³-hybridized carbons (Fsp3) is 0.588. The fourth-order valence-corrected chi connectivity index (χ4v) is 1.96. The molecule has 0 unspecified atom stereocenters. The van der Waals surface area contributed by atoms with Gasteiger partial charge in [-0.15, -0.1) is 0 Å². The van der Waals surface area contributed by atoms with Crippen molar-refractivity contribution in [3.05, 3.63) is 34.9 Å². The molecule has 22 heavy (non-hydrogen) atoms. The lowest BCUT2D eigenvalue weighted by Crippen LogP contribution is -2.38. The number of hydrogen-bond donors (Lipinski definition) is 0. The van der Waals surface area contributed by atoms with Gasteiger partial charge in [-0.25, -0.2) is 4.79 Å². The zero-order valence-corrected chi connectivity index (χ0v) is 15.0. The molecule has 1 aromatic carbocycles. The van der Waals surface area contributed by atoms with Crippen molar-refractivity contribution >= 4 is 17.7 Å². The Morgan fingerprint density at radius 2 is 1.68 bits per heavy atom. The third-order valence-corrected chi connectivity index (χ3v) is 3.47. The summed E-state index contributed by atoms with van der Waals surface area (Å²) in [5.74, 6) is 0. The van der Waals surface area contributed by atoms with Crippen LogP contribution in [0.4, 0.5) is 4.79 Å². The third-order valence-electron chi connectivity index (χ3n) is 3.22. The molecule has 1 aromatic rings. The van der Waals surface area contributed by atoms with Gasteiger partial charge >= 0.3 is 6.09 Å². The molecular formula is C17H27ClN2O2.